The predicted octanol–water partition coefficient (Wildman–Crippen LogP) is 4.60. The van der Waals surface area contributed by atoms with E-state index in [1.807, 2.05) is 0 Å². The molecule has 0 aliphatic heterocycles. The molecule has 2 aromatic rings. The van der Waals surface area contributed by atoms with E-state index in [0.29, 0.717) is 11.1 Å². The highest BCUT2D eigenvalue weighted by Gasteiger charge is 2.14. The van der Waals surface area contributed by atoms with Crippen LogP contribution in [0.25, 0.3) is 11.1 Å². The molecular formula is C14H6Cl2N2O2. The zero-order chi connectivity index (χ0) is 14.5. The standard InChI is InChI=1S/C14H6Cl2N2O2/c15-11-5-1-3-9(13(11)17-7-19)10-4-2-6-12(16)14(10)18-8-20/h1-6H. The first-order chi connectivity index (χ1) is 9.69. The van der Waals surface area contributed by atoms with Crippen LogP contribution in [0.2, 0.25) is 10.0 Å². The Kier molecular flexibility index (Phi) is 4.46. The monoisotopic (exact) mass is 304 g/mol. The minimum Gasteiger partial charge on any atom is -0.211 e. The van der Waals surface area contributed by atoms with Crippen LogP contribution in [0.1, 0.15) is 0 Å². The molecule has 0 atom stereocenters. The first-order valence-corrected chi connectivity index (χ1v) is 6.17. The summed E-state index contributed by atoms with van der Waals surface area (Å²) in [6.07, 6.45) is 2.90. The third-order valence-electron chi connectivity index (χ3n) is 2.58. The van der Waals surface area contributed by atoms with Crippen LogP contribution in [0, 0.1) is 0 Å². The fourth-order valence-corrected chi connectivity index (χ4v) is 2.22. The molecule has 0 saturated carbocycles. The van der Waals surface area contributed by atoms with E-state index in [1.165, 1.54) is 12.2 Å². The second-order valence-corrected chi connectivity index (χ2v) is 4.49. The van der Waals surface area contributed by atoms with Gasteiger partial charge in [-0.1, -0.05) is 47.5 Å². The Hall–Kier alpha value is -2.22. The number of isocyanates is 2. The van der Waals surface area contributed by atoms with Gasteiger partial charge >= 0.3 is 0 Å². The highest BCUT2D eigenvalue weighted by atomic mass is 35.5. The molecule has 0 aliphatic carbocycles. The quantitative estimate of drug-likeness (QED) is 0.615. The summed E-state index contributed by atoms with van der Waals surface area (Å²) in [4.78, 5) is 28.2. The number of benzene rings is 2. The second kappa shape index (κ2) is 6.29. The Balaban J connectivity index is 2.82. The van der Waals surface area contributed by atoms with Gasteiger partial charge in [0, 0.05) is 11.1 Å². The number of carbonyl (C=O) groups excluding carboxylic acids is 2. The number of hydrogen-bond donors (Lipinski definition) is 0. The van der Waals surface area contributed by atoms with E-state index in [4.69, 9.17) is 23.2 Å². The van der Waals surface area contributed by atoms with E-state index < -0.39 is 0 Å². The van der Waals surface area contributed by atoms with Gasteiger partial charge in [-0.05, 0) is 12.1 Å². The minimum absolute atomic E-state index is 0.244. The molecule has 4 nitrogen and oxygen atoms in total. The predicted molar refractivity (Wildman–Crippen MR) is 77.5 cm³/mol. The Bertz CT molecular complexity index is 696. The molecule has 0 fully saturated rings. The van der Waals surface area contributed by atoms with Gasteiger partial charge < -0.3 is 0 Å². The molecule has 0 heterocycles. The second-order valence-electron chi connectivity index (χ2n) is 3.68. The summed E-state index contributed by atoms with van der Waals surface area (Å²) in [5.41, 5.74) is 1.54. The van der Waals surface area contributed by atoms with Crippen LogP contribution in [0.3, 0.4) is 0 Å². The maximum absolute atomic E-state index is 10.5. The van der Waals surface area contributed by atoms with Crippen molar-refractivity contribution in [3.8, 4) is 11.1 Å². The number of aliphatic imine (C=N–C) groups is 2. The summed E-state index contributed by atoms with van der Waals surface area (Å²) >= 11 is 12.0. The van der Waals surface area contributed by atoms with Crippen molar-refractivity contribution < 1.29 is 9.59 Å². The number of rotatable bonds is 3. The van der Waals surface area contributed by atoms with Gasteiger partial charge in [0.2, 0.25) is 12.2 Å². The molecule has 0 spiro atoms. The number of para-hydroxylation sites is 2. The minimum atomic E-state index is 0.244. The maximum Gasteiger partial charge on any atom is 0.240 e. The molecular weight excluding hydrogens is 299 g/mol. The van der Waals surface area contributed by atoms with Crippen molar-refractivity contribution >= 4 is 46.7 Å². The van der Waals surface area contributed by atoms with E-state index in [2.05, 4.69) is 9.98 Å². The molecule has 0 N–H and O–H groups in total. The SMILES string of the molecule is O=C=Nc1c(Cl)cccc1-c1cccc(Cl)c1N=C=O. The van der Waals surface area contributed by atoms with Crippen LogP contribution in [0.4, 0.5) is 11.4 Å². The zero-order valence-corrected chi connectivity index (χ0v) is 11.4. The van der Waals surface area contributed by atoms with E-state index in [9.17, 15) is 9.59 Å². The lowest BCUT2D eigenvalue weighted by atomic mass is 10.0. The van der Waals surface area contributed by atoms with Crippen molar-refractivity contribution in [2.75, 3.05) is 0 Å². The fourth-order valence-electron chi connectivity index (χ4n) is 1.78. The molecule has 98 valence electrons. The molecule has 0 aliphatic rings. The van der Waals surface area contributed by atoms with Gasteiger partial charge in [-0.2, -0.15) is 9.98 Å². The Morgan fingerprint density at radius 3 is 1.50 bits per heavy atom. The van der Waals surface area contributed by atoms with Gasteiger partial charge in [0.15, 0.2) is 0 Å². The lowest BCUT2D eigenvalue weighted by Crippen LogP contribution is -1.83. The Morgan fingerprint density at radius 1 is 0.750 bits per heavy atom. The van der Waals surface area contributed by atoms with E-state index in [-0.39, 0.29) is 21.4 Å². The van der Waals surface area contributed by atoms with Crippen LogP contribution in [0.15, 0.2) is 46.4 Å². The average molecular weight is 305 g/mol. The lowest BCUT2D eigenvalue weighted by Gasteiger charge is -2.09. The van der Waals surface area contributed by atoms with Gasteiger partial charge in [-0.25, -0.2) is 9.59 Å². The van der Waals surface area contributed by atoms with E-state index >= 15 is 0 Å². The van der Waals surface area contributed by atoms with Gasteiger partial charge in [0.1, 0.15) is 11.4 Å². The van der Waals surface area contributed by atoms with E-state index in [1.54, 1.807) is 36.4 Å². The number of nitrogens with zero attached hydrogens (tertiary/aromatic N) is 2. The van der Waals surface area contributed by atoms with Crippen molar-refractivity contribution in [2.24, 2.45) is 9.98 Å². The van der Waals surface area contributed by atoms with Gasteiger partial charge in [0.05, 0.1) is 10.0 Å². The van der Waals surface area contributed by atoms with Gasteiger partial charge in [0.25, 0.3) is 0 Å². The number of halogens is 2. The van der Waals surface area contributed by atoms with Gasteiger partial charge in [-0.15, -0.1) is 0 Å². The molecule has 2 rings (SSSR count). The normalized spacial score (nSPS) is 9.50. The summed E-state index contributed by atoms with van der Waals surface area (Å²) in [7, 11) is 0. The smallest absolute Gasteiger partial charge is 0.211 e. The molecule has 2 aromatic carbocycles. The van der Waals surface area contributed by atoms with Crippen molar-refractivity contribution in [1.82, 2.24) is 0 Å². The first kappa shape index (κ1) is 14.2. The van der Waals surface area contributed by atoms with Crippen molar-refractivity contribution in [3.05, 3.63) is 46.4 Å². The zero-order valence-electron chi connectivity index (χ0n) is 9.93. The summed E-state index contributed by atoms with van der Waals surface area (Å²) in [6.45, 7) is 0. The molecule has 0 aromatic heterocycles. The van der Waals surface area contributed by atoms with Crippen LogP contribution < -0.4 is 0 Å². The summed E-state index contributed by atoms with van der Waals surface area (Å²) in [5, 5.41) is 0.568. The molecule has 0 amide bonds. The van der Waals surface area contributed by atoms with Crippen LogP contribution in [-0.2, 0) is 9.59 Å². The van der Waals surface area contributed by atoms with Crippen LogP contribution in [-0.4, -0.2) is 12.2 Å². The Labute approximate surface area is 124 Å². The topological polar surface area (TPSA) is 58.9 Å². The lowest BCUT2D eigenvalue weighted by molar-refractivity contribution is 0.564. The highest BCUT2D eigenvalue weighted by Crippen LogP contribution is 2.42. The largest absolute Gasteiger partial charge is 0.240 e. The van der Waals surface area contributed by atoms with Crippen molar-refractivity contribution in [3.63, 3.8) is 0 Å². The molecule has 20 heavy (non-hydrogen) atoms. The maximum atomic E-state index is 10.5. The third-order valence-corrected chi connectivity index (χ3v) is 3.19. The molecule has 0 saturated heterocycles. The van der Waals surface area contributed by atoms with E-state index in [0.717, 1.165) is 0 Å². The Morgan fingerprint density at radius 2 is 1.15 bits per heavy atom. The molecule has 0 radical (unpaired) electrons. The third kappa shape index (κ3) is 2.69. The fraction of sp³-hybridized carbons (Fsp3) is 0. The summed E-state index contributed by atoms with van der Waals surface area (Å²) < 4.78 is 0. The number of hydrogen-bond acceptors (Lipinski definition) is 4. The first-order valence-electron chi connectivity index (χ1n) is 5.42. The van der Waals surface area contributed by atoms with Gasteiger partial charge in [-0.3, -0.25) is 0 Å². The summed E-state index contributed by atoms with van der Waals surface area (Å²) in [6, 6.07) is 9.95. The van der Waals surface area contributed by atoms with Crippen molar-refractivity contribution in [1.29, 1.82) is 0 Å². The highest BCUT2D eigenvalue weighted by molar-refractivity contribution is 6.35. The molecule has 6 heteroatoms. The van der Waals surface area contributed by atoms with Crippen LogP contribution >= 0.6 is 23.2 Å². The average Bonchev–Trinajstić information content (AvgIpc) is 2.44. The van der Waals surface area contributed by atoms with Crippen molar-refractivity contribution in [2.45, 2.75) is 0 Å². The summed E-state index contributed by atoms with van der Waals surface area (Å²) in [5.74, 6) is 0. The molecule has 0 bridgehead atoms. The molecule has 0 unspecified atom stereocenters. The van der Waals surface area contributed by atoms with Crippen LogP contribution in [0.5, 0.6) is 0 Å².